The number of likely N-dealkylation sites (tertiary alicyclic amines) is 1. The molecule has 4 heteroatoms. The van der Waals surface area contributed by atoms with Gasteiger partial charge in [-0.1, -0.05) is 6.42 Å². The van der Waals surface area contributed by atoms with Gasteiger partial charge in [0.05, 0.1) is 6.54 Å². The molecule has 0 radical (unpaired) electrons. The highest BCUT2D eigenvalue weighted by Crippen LogP contribution is 2.11. The lowest BCUT2D eigenvalue weighted by molar-refractivity contribution is -0.116. The number of carbonyl (C=O) groups excluding carboxylic acids is 1. The number of rotatable bonds is 2. The van der Waals surface area contributed by atoms with Crippen LogP contribution in [0.4, 0.5) is 0 Å². The van der Waals surface area contributed by atoms with Crippen LogP contribution in [0.25, 0.3) is 0 Å². The number of hydrogen-bond donors (Lipinski definition) is 1. The topological polar surface area (TPSA) is 32.3 Å². The molecule has 2 saturated heterocycles. The molecule has 1 unspecified atom stereocenters. The maximum atomic E-state index is 11.0. The molecule has 2 rings (SSSR count). The van der Waals surface area contributed by atoms with Crippen molar-refractivity contribution in [3.63, 3.8) is 0 Å². The molecule has 2 heterocycles. The summed E-state index contributed by atoms with van der Waals surface area (Å²) in [6.07, 6.45) is 4.71. The van der Waals surface area contributed by atoms with Gasteiger partial charge in [-0.05, 0) is 19.4 Å². The third-order valence-electron chi connectivity index (χ3n) is 3.00. The number of hydrogen-bond acceptors (Lipinski definition) is 3. The standard InChI is InChI=1S/C10H18N2O.ClH/c13-10-4-6-12(8-10)7-9-3-1-2-5-11-9;/h9,11H,1-8H2;1H. The SMILES string of the molecule is Cl.O=C1CCN(CC2CCCCN2)C1. The van der Waals surface area contributed by atoms with E-state index in [1.54, 1.807) is 0 Å². The van der Waals surface area contributed by atoms with Gasteiger partial charge in [-0.25, -0.2) is 0 Å². The number of nitrogens with one attached hydrogen (secondary N) is 1. The fraction of sp³-hybridized carbons (Fsp3) is 0.900. The summed E-state index contributed by atoms with van der Waals surface area (Å²) < 4.78 is 0. The highest BCUT2D eigenvalue weighted by atomic mass is 35.5. The molecule has 14 heavy (non-hydrogen) atoms. The summed E-state index contributed by atoms with van der Waals surface area (Å²) in [5, 5.41) is 3.51. The van der Waals surface area contributed by atoms with E-state index in [1.165, 1.54) is 19.3 Å². The van der Waals surface area contributed by atoms with Gasteiger partial charge in [0.2, 0.25) is 0 Å². The van der Waals surface area contributed by atoms with Crippen molar-refractivity contribution in [3.8, 4) is 0 Å². The molecule has 2 aliphatic heterocycles. The number of ketones is 1. The molecule has 0 amide bonds. The normalized spacial score (nSPS) is 28.9. The first kappa shape index (κ1) is 12.0. The summed E-state index contributed by atoms with van der Waals surface area (Å²) in [5.74, 6) is 0.413. The number of piperidine rings is 1. The van der Waals surface area contributed by atoms with Crippen LogP contribution in [0, 0.1) is 0 Å². The molecule has 0 bridgehead atoms. The van der Waals surface area contributed by atoms with Crippen LogP contribution in [0.1, 0.15) is 25.7 Å². The Labute approximate surface area is 91.6 Å². The predicted octanol–water partition coefficient (Wildman–Crippen LogP) is 0.825. The van der Waals surface area contributed by atoms with E-state index < -0.39 is 0 Å². The molecule has 2 aliphatic rings. The van der Waals surface area contributed by atoms with Crippen LogP contribution in [0.3, 0.4) is 0 Å². The van der Waals surface area contributed by atoms with Crippen molar-refractivity contribution in [2.24, 2.45) is 0 Å². The largest absolute Gasteiger partial charge is 0.313 e. The van der Waals surface area contributed by atoms with Crippen molar-refractivity contribution >= 4 is 18.2 Å². The van der Waals surface area contributed by atoms with Gasteiger partial charge in [-0.3, -0.25) is 9.69 Å². The van der Waals surface area contributed by atoms with Crippen LogP contribution in [0.5, 0.6) is 0 Å². The zero-order chi connectivity index (χ0) is 9.10. The third kappa shape index (κ3) is 3.23. The molecule has 0 saturated carbocycles. The van der Waals surface area contributed by atoms with Crippen molar-refractivity contribution in [2.45, 2.75) is 31.7 Å². The summed E-state index contributed by atoms with van der Waals surface area (Å²) in [6, 6.07) is 0.639. The van der Waals surface area contributed by atoms with Gasteiger partial charge in [0.25, 0.3) is 0 Å². The average molecular weight is 219 g/mol. The van der Waals surface area contributed by atoms with Gasteiger partial charge in [0, 0.05) is 25.6 Å². The Morgan fingerprint density at radius 3 is 2.86 bits per heavy atom. The average Bonchev–Trinajstić information content (AvgIpc) is 2.53. The van der Waals surface area contributed by atoms with Gasteiger partial charge < -0.3 is 5.32 Å². The minimum absolute atomic E-state index is 0. The zero-order valence-electron chi connectivity index (χ0n) is 8.50. The van der Waals surface area contributed by atoms with E-state index in [0.29, 0.717) is 18.4 Å². The van der Waals surface area contributed by atoms with Gasteiger partial charge in [-0.2, -0.15) is 0 Å². The molecular formula is C10H19ClN2O. The van der Waals surface area contributed by atoms with Gasteiger partial charge in [0.1, 0.15) is 5.78 Å². The molecule has 0 aromatic heterocycles. The lowest BCUT2D eigenvalue weighted by Gasteiger charge is -2.27. The molecule has 1 atom stereocenters. The first-order valence-electron chi connectivity index (χ1n) is 5.32. The summed E-state index contributed by atoms with van der Waals surface area (Å²) in [5.41, 5.74) is 0. The van der Waals surface area contributed by atoms with E-state index in [9.17, 15) is 4.79 Å². The lowest BCUT2D eigenvalue weighted by atomic mass is 10.0. The minimum atomic E-state index is 0. The van der Waals surface area contributed by atoms with E-state index in [-0.39, 0.29) is 12.4 Å². The first-order valence-corrected chi connectivity index (χ1v) is 5.32. The second-order valence-corrected chi connectivity index (χ2v) is 4.17. The van der Waals surface area contributed by atoms with E-state index in [2.05, 4.69) is 10.2 Å². The van der Waals surface area contributed by atoms with Crippen molar-refractivity contribution in [2.75, 3.05) is 26.2 Å². The molecule has 82 valence electrons. The van der Waals surface area contributed by atoms with Crippen molar-refractivity contribution in [1.82, 2.24) is 10.2 Å². The van der Waals surface area contributed by atoms with Crippen molar-refractivity contribution in [3.05, 3.63) is 0 Å². The fourth-order valence-corrected chi connectivity index (χ4v) is 2.24. The van der Waals surface area contributed by atoms with Crippen LogP contribution in [0.2, 0.25) is 0 Å². The molecule has 1 N–H and O–H groups in total. The highest BCUT2D eigenvalue weighted by Gasteiger charge is 2.22. The smallest absolute Gasteiger partial charge is 0.148 e. The Hall–Kier alpha value is -0.120. The van der Waals surface area contributed by atoms with Crippen LogP contribution in [0.15, 0.2) is 0 Å². The Bertz CT molecular complexity index is 193. The van der Waals surface area contributed by atoms with E-state index in [0.717, 1.165) is 26.1 Å². The minimum Gasteiger partial charge on any atom is -0.313 e. The highest BCUT2D eigenvalue weighted by molar-refractivity contribution is 5.85. The van der Waals surface area contributed by atoms with E-state index >= 15 is 0 Å². The van der Waals surface area contributed by atoms with Crippen LogP contribution < -0.4 is 5.32 Å². The molecule has 0 aliphatic carbocycles. The number of halogens is 1. The van der Waals surface area contributed by atoms with Gasteiger partial charge in [-0.15, -0.1) is 12.4 Å². The Kier molecular flexibility index (Phi) is 4.85. The summed E-state index contributed by atoms with van der Waals surface area (Å²) in [7, 11) is 0. The van der Waals surface area contributed by atoms with E-state index in [4.69, 9.17) is 0 Å². The van der Waals surface area contributed by atoms with Crippen LogP contribution >= 0.6 is 12.4 Å². The van der Waals surface area contributed by atoms with E-state index in [1.807, 2.05) is 0 Å². The molecule has 0 spiro atoms. The number of Topliss-reactive ketones (excluding diaryl/α,β-unsaturated/α-hetero) is 1. The monoisotopic (exact) mass is 218 g/mol. The maximum Gasteiger partial charge on any atom is 0.148 e. The van der Waals surface area contributed by atoms with Crippen molar-refractivity contribution < 1.29 is 4.79 Å². The maximum absolute atomic E-state index is 11.0. The Balaban J connectivity index is 0.000000980. The zero-order valence-corrected chi connectivity index (χ0v) is 9.31. The quantitative estimate of drug-likeness (QED) is 0.745. The van der Waals surface area contributed by atoms with Gasteiger partial charge >= 0.3 is 0 Å². The fourth-order valence-electron chi connectivity index (χ4n) is 2.24. The molecule has 3 nitrogen and oxygen atoms in total. The third-order valence-corrected chi connectivity index (χ3v) is 3.00. The summed E-state index contributed by atoms with van der Waals surface area (Å²) in [6.45, 7) is 3.91. The predicted molar refractivity (Wildman–Crippen MR) is 59.0 cm³/mol. The van der Waals surface area contributed by atoms with Crippen LogP contribution in [-0.4, -0.2) is 42.9 Å². The second kappa shape index (κ2) is 5.69. The molecule has 0 aromatic rings. The molecular weight excluding hydrogens is 200 g/mol. The first-order chi connectivity index (χ1) is 6.34. The second-order valence-electron chi connectivity index (χ2n) is 4.17. The Morgan fingerprint density at radius 1 is 1.43 bits per heavy atom. The summed E-state index contributed by atoms with van der Waals surface area (Å²) in [4.78, 5) is 13.3. The number of carbonyl (C=O) groups is 1. The van der Waals surface area contributed by atoms with Crippen molar-refractivity contribution in [1.29, 1.82) is 0 Å². The molecule has 2 fully saturated rings. The number of nitrogens with zero attached hydrogens (tertiary/aromatic N) is 1. The van der Waals surface area contributed by atoms with Crippen LogP contribution in [-0.2, 0) is 4.79 Å². The molecule has 0 aromatic carbocycles. The Morgan fingerprint density at radius 2 is 2.29 bits per heavy atom. The lowest BCUT2D eigenvalue weighted by Crippen LogP contribution is -2.43. The summed E-state index contributed by atoms with van der Waals surface area (Å²) >= 11 is 0. The van der Waals surface area contributed by atoms with Gasteiger partial charge in [0.15, 0.2) is 0 Å².